The Morgan fingerprint density at radius 3 is 2.80 bits per heavy atom. The molecule has 3 rings (SSSR count). The lowest BCUT2D eigenvalue weighted by molar-refractivity contribution is 0.626. The van der Waals surface area contributed by atoms with Crippen LogP contribution in [-0.4, -0.2) is 14.8 Å². The quantitative estimate of drug-likeness (QED) is 0.405. The maximum absolute atomic E-state index is 4.55. The normalized spacial score (nSPS) is 11.2. The van der Waals surface area contributed by atoms with E-state index in [-0.39, 0.29) is 0 Å². The summed E-state index contributed by atoms with van der Waals surface area (Å²) >= 11 is 7.10. The van der Waals surface area contributed by atoms with Gasteiger partial charge >= 0.3 is 0 Å². The van der Waals surface area contributed by atoms with Crippen LogP contribution in [-0.2, 0) is 18.7 Å². The van der Waals surface area contributed by atoms with Crippen LogP contribution in [0.4, 0.5) is 0 Å². The average molecular weight is 436 g/mol. The summed E-state index contributed by atoms with van der Waals surface area (Å²) in [6, 6.07) is 8.43. The van der Waals surface area contributed by atoms with Crippen molar-refractivity contribution in [2.24, 2.45) is 0 Å². The van der Waals surface area contributed by atoms with Gasteiger partial charge in [0.1, 0.15) is 0 Å². The Labute approximate surface area is 166 Å². The predicted molar refractivity (Wildman–Crippen MR) is 111 cm³/mol. The number of hydrogen-bond donors (Lipinski definition) is 0. The molecule has 1 aromatic carbocycles. The minimum atomic E-state index is 0.893. The van der Waals surface area contributed by atoms with Crippen LogP contribution in [0.3, 0.4) is 0 Å². The van der Waals surface area contributed by atoms with Gasteiger partial charge in [-0.25, -0.2) is 0 Å². The second kappa shape index (κ2) is 8.52. The van der Waals surface area contributed by atoms with Gasteiger partial charge in [-0.1, -0.05) is 53.7 Å². The van der Waals surface area contributed by atoms with E-state index in [0.717, 1.165) is 40.6 Å². The number of halogens is 1. The van der Waals surface area contributed by atoms with Gasteiger partial charge in [-0.05, 0) is 43.0 Å². The van der Waals surface area contributed by atoms with E-state index < -0.39 is 0 Å². The summed E-state index contributed by atoms with van der Waals surface area (Å²) in [5, 5.41) is 12.3. The van der Waals surface area contributed by atoms with E-state index in [0.29, 0.717) is 0 Å². The van der Waals surface area contributed by atoms with E-state index in [4.69, 9.17) is 0 Å². The molecule has 0 saturated heterocycles. The molecule has 2 heterocycles. The first-order chi connectivity index (χ1) is 12.1. The maximum Gasteiger partial charge on any atom is 0.191 e. The summed E-state index contributed by atoms with van der Waals surface area (Å²) in [4.78, 5) is 1.38. The number of aromatic nitrogens is 3. The largest absolute Gasteiger partial charge is 0.302 e. The lowest BCUT2D eigenvalue weighted by Gasteiger charge is -2.09. The third-order valence-electron chi connectivity index (χ3n) is 4.12. The van der Waals surface area contributed by atoms with Gasteiger partial charge < -0.3 is 4.57 Å². The van der Waals surface area contributed by atoms with Crippen molar-refractivity contribution in [2.45, 2.75) is 51.1 Å². The zero-order valence-electron chi connectivity index (χ0n) is 14.8. The maximum atomic E-state index is 4.55. The first-order valence-electron chi connectivity index (χ1n) is 8.51. The number of nitrogens with zero attached hydrogens (tertiary/aromatic N) is 3. The van der Waals surface area contributed by atoms with E-state index in [9.17, 15) is 0 Å². The topological polar surface area (TPSA) is 30.7 Å². The highest BCUT2D eigenvalue weighted by molar-refractivity contribution is 9.10. The van der Waals surface area contributed by atoms with Crippen LogP contribution in [0.5, 0.6) is 0 Å². The fraction of sp³-hybridized carbons (Fsp3) is 0.368. The fourth-order valence-electron chi connectivity index (χ4n) is 2.90. The summed E-state index contributed by atoms with van der Waals surface area (Å²) in [7, 11) is 0. The predicted octanol–water partition coefficient (Wildman–Crippen LogP) is 6.34. The van der Waals surface area contributed by atoms with Crippen molar-refractivity contribution in [2.75, 3.05) is 0 Å². The van der Waals surface area contributed by atoms with Crippen molar-refractivity contribution in [3.8, 4) is 11.4 Å². The monoisotopic (exact) mass is 435 g/mol. The third-order valence-corrected chi connectivity index (χ3v) is 6.60. The van der Waals surface area contributed by atoms with Gasteiger partial charge in [0.05, 0.1) is 0 Å². The number of hydrogen-bond acceptors (Lipinski definition) is 4. The van der Waals surface area contributed by atoms with Gasteiger partial charge in [0.15, 0.2) is 11.0 Å². The minimum Gasteiger partial charge on any atom is -0.302 e. The first-order valence-corrected chi connectivity index (χ1v) is 11.2. The SMILES string of the molecule is CCCn1c(SCc2cccc(Br)c2)nnc1-c1csc(C)c1CC. The third kappa shape index (κ3) is 4.18. The molecule has 0 aliphatic rings. The van der Waals surface area contributed by atoms with Gasteiger partial charge in [-0.2, -0.15) is 0 Å². The molecule has 0 bridgehead atoms. The van der Waals surface area contributed by atoms with Crippen molar-refractivity contribution in [1.29, 1.82) is 0 Å². The molecule has 0 radical (unpaired) electrons. The van der Waals surface area contributed by atoms with E-state index >= 15 is 0 Å². The summed E-state index contributed by atoms with van der Waals surface area (Å²) in [6.07, 6.45) is 2.10. The molecule has 0 atom stereocenters. The van der Waals surface area contributed by atoms with Crippen LogP contribution >= 0.6 is 39.0 Å². The Balaban J connectivity index is 1.89. The van der Waals surface area contributed by atoms with Crippen molar-refractivity contribution >= 4 is 39.0 Å². The van der Waals surface area contributed by atoms with Crippen LogP contribution in [0, 0.1) is 6.92 Å². The molecule has 0 spiro atoms. The molecular formula is C19H22BrN3S2. The summed E-state index contributed by atoms with van der Waals surface area (Å²) in [5.41, 5.74) is 3.94. The number of thioether (sulfide) groups is 1. The lowest BCUT2D eigenvalue weighted by atomic mass is 10.1. The van der Waals surface area contributed by atoms with E-state index in [1.165, 1.54) is 21.6 Å². The Kier molecular flexibility index (Phi) is 6.36. The molecule has 2 aromatic heterocycles. The Bertz CT molecular complexity index is 854. The Morgan fingerprint density at radius 1 is 1.24 bits per heavy atom. The molecule has 6 heteroatoms. The fourth-order valence-corrected chi connectivity index (χ4v) is 5.19. The number of aryl methyl sites for hydroxylation is 1. The molecule has 25 heavy (non-hydrogen) atoms. The first kappa shape index (κ1) is 18.7. The van der Waals surface area contributed by atoms with Gasteiger partial charge in [0, 0.05) is 32.6 Å². The molecule has 132 valence electrons. The van der Waals surface area contributed by atoms with E-state index in [1.54, 1.807) is 23.1 Å². The molecule has 0 saturated carbocycles. The summed E-state index contributed by atoms with van der Waals surface area (Å²) in [5.74, 6) is 1.91. The van der Waals surface area contributed by atoms with E-state index in [1.807, 2.05) is 0 Å². The van der Waals surface area contributed by atoms with Crippen molar-refractivity contribution in [3.05, 3.63) is 50.1 Å². The highest BCUT2D eigenvalue weighted by atomic mass is 79.9. The molecule has 0 unspecified atom stereocenters. The Morgan fingerprint density at radius 2 is 2.08 bits per heavy atom. The molecule has 0 aliphatic heterocycles. The molecule has 0 aliphatic carbocycles. The molecule has 3 aromatic rings. The minimum absolute atomic E-state index is 0.893. The molecule has 3 nitrogen and oxygen atoms in total. The van der Waals surface area contributed by atoms with Gasteiger partial charge in [0.2, 0.25) is 0 Å². The second-order valence-corrected chi connectivity index (χ2v) is 8.86. The standard InChI is InChI=1S/C19H22BrN3S2/c1-4-9-23-18(17-12-24-13(3)16(17)5-2)21-22-19(23)25-11-14-7-6-8-15(20)10-14/h6-8,10,12H,4-5,9,11H2,1-3H3. The van der Waals surface area contributed by atoms with E-state index in [2.05, 4.69) is 81.1 Å². The highest BCUT2D eigenvalue weighted by Crippen LogP contribution is 2.33. The second-order valence-electron chi connectivity index (χ2n) is 5.91. The van der Waals surface area contributed by atoms with Crippen LogP contribution in [0.1, 0.15) is 36.3 Å². The number of rotatable bonds is 7. The molecule has 0 amide bonds. The van der Waals surface area contributed by atoms with Crippen LogP contribution in [0.15, 0.2) is 39.3 Å². The van der Waals surface area contributed by atoms with Crippen LogP contribution in [0.2, 0.25) is 0 Å². The zero-order chi connectivity index (χ0) is 17.8. The van der Waals surface area contributed by atoms with Gasteiger partial charge in [0.25, 0.3) is 0 Å². The summed E-state index contributed by atoms with van der Waals surface area (Å²) in [6.45, 7) is 7.55. The smallest absolute Gasteiger partial charge is 0.191 e. The number of benzene rings is 1. The highest BCUT2D eigenvalue weighted by Gasteiger charge is 2.18. The average Bonchev–Trinajstić information content (AvgIpc) is 3.16. The zero-order valence-corrected chi connectivity index (χ0v) is 18.0. The van der Waals surface area contributed by atoms with Gasteiger partial charge in [-0.3, -0.25) is 0 Å². The summed E-state index contributed by atoms with van der Waals surface area (Å²) < 4.78 is 3.39. The Hall–Kier alpha value is -1.11. The number of thiophene rings is 1. The molecule has 0 fully saturated rings. The molecular weight excluding hydrogens is 414 g/mol. The van der Waals surface area contributed by atoms with Crippen molar-refractivity contribution in [3.63, 3.8) is 0 Å². The molecule has 0 N–H and O–H groups in total. The van der Waals surface area contributed by atoms with Crippen molar-refractivity contribution < 1.29 is 0 Å². The van der Waals surface area contributed by atoms with Gasteiger partial charge in [-0.15, -0.1) is 21.5 Å². The van der Waals surface area contributed by atoms with Crippen molar-refractivity contribution in [1.82, 2.24) is 14.8 Å². The van der Waals surface area contributed by atoms with Crippen LogP contribution in [0.25, 0.3) is 11.4 Å². The van der Waals surface area contributed by atoms with Crippen LogP contribution < -0.4 is 0 Å². The lowest BCUT2D eigenvalue weighted by Crippen LogP contribution is -2.02.